The first-order valence-electron chi connectivity index (χ1n) is 9.18. The molecule has 0 aliphatic carbocycles. The monoisotopic (exact) mass is 479 g/mol. The number of H-pyrrole nitrogens is 1. The zero-order valence-corrected chi connectivity index (χ0v) is 18.6. The van der Waals surface area contributed by atoms with Gasteiger partial charge in [-0.3, -0.25) is 18.9 Å². The molecule has 2 aromatic rings. The van der Waals surface area contributed by atoms with E-state index >= 15 is 0 Å². The molecule has 1 aromatic heterocycles. The molecule has 4 rings (SSSR count). The van der Waals surface area contributed by atoms with E-state index in [0.29, 0.717) is 18.6 Å². The number of hydrogen-bond acceptors (Lipinski definition) is 9. The van der Waals surface area contributed by atoms with Gasteiger partial charge in [0.1, 0.15) is 24.5 Å². The topological polar surface area (TPSA) is 152 Å². The summed E-state index contributed by atoms with van der Waals surface area (Å²) in [4.78, 5) is 35.9. The van der Waals surface area contributed by atoms with Gasteiger partial charge in [0.25, 0.3) is 5.56 Å². The first-order chi connectivity index (χ1) is 14.9. The van der Waals surface area contributed by atoms with Crippen LogP contribution in [0.4, 0.5) is 0 Å². The number of rotatable bonds is 4. The van der Waals surface area contributed by atoms with Crippen molar-refractivity contribution in [1.29, 1.82) is 0 Å². The number of para-hydroxylation sites is 1. The first kappa shape index (κ1) is 25.4. The lowest BCUT2D eigenvalue weighted by Gasteiger charge is -2.22. The molecule has 4 N–H and O–H groups in total. The van der Waals surface area contributed by atoms with E-state index in [2.05, 4.69) is 4.98 Å². The normalized spacial score (nSPS) is 24.1. The SMILES string of the molecule is CO.CO.O=c1[nH]c(=O)n(C2CCC(CO[P+]3(O)OCc4ccccc4O3)O2)cc1Cl. The second kappa shape index (κ2) is 11.7. The molecule has 2 aliphatic heterocycles. The van der Waals surface area contributed by atoms with Crippen molar-refractivity contribution in [2.24, 2.45) is 0 Å². The number of hydrogen-bond donors (Lipinski definition) is 4. The largest absolute Gasteiger partial charge is 0.619 e. The Morgan fingerprint density at radius 2 is 1.94 bits per heavy atom. The minimum atomic E-state index is -3.48. The molecule has 3 atom stereocenters. The van der Waals surface area contributed by atoms with Crippen molar-refractivity contribution in [3.63, 3.8) is 0 Å². The predicted octanol–water partition coefficient (Wildman–Crippen LogP) is 1.38. The summed E-state index contributed by atoms with van der Waals surface area (Å²) in [6.07, 6.45) is 1.41. The van der Waals surface area contributed by atoms with Crippen LogP contribution in [-0.2, 0) is 20.4 Å². The van der Waals surface area contributed by atoms with E-state index in [1.807, 2.05) is 12.1 Å². The van der Waals surface area contributed by atoms with Crippen LogP contribution in [0.15, 0.2) is 40.1 Å². The lowest BCUT2D eigenvalue weighted by Crippen LogP contribution is -2.32. The fourth-order valence-corrected chi connectivity index (χ4v) is 4.36. The molecule has 172 valence electrons. The number of aliphatic hydroxyl groups is 2. The van der Waals surface area contributed by atoms with Crippen molar-refractivity contribution in [1.82, 2.24) is 9.55 Å². The van der Waals surface area contributed by atoms with E-state index in [0.717, 1.165) is 19.8 Å². The van der Waals surface area contributed by atoms with Crippen LogP contribution < -0.4 is 15.8 Å². The summed E-state index contributed by atoms with van der Waals surface area (Å²) in [7, 11) is -1.48. The summed E-state index contributed by atoms with van der Waals surface area (Å²) in [5.74, 6) is 0.527. The van der Waals surface area contributed by atoms with E-state index in [4.69, 9.17) is 40.1 Å². The van der Waals surface area contributed by atoms with Gasteiger partial charge in [-0.25, -0.2) is 4.79 Å². The van der Waals surface area contributed by atoms with Crippen molar-refractivity contribution in [3.05, 3.63) is 61.9 Å². The summed E-state index contributed by atoms with van der Waals surface area (Å²) in [5, 5.41) is 13.9. The third-order valence-electron chi connectivity index (χ3n) is 4.31. The minimum absolute atomic E-state index is 0.0365. The van der Waals surface area contributed by atoms with Gasteiger partial charge in [0.05, 0.1) is 6.10 Å². The standard InChI is InChI=1S/C16H16ClN2O7P.2CH4O/c17-12-7-19(16(21)18-15(12)20)14-6-5-11(25-14)9-24-27(22)23-8-10-3-1-2-4-13(10)26-27;2*1-2/h1-4,7,11,14,22H,5-6,8-9H2;2*2H,1H3/p+1. The third-order valence-corrected chi connectivity index (χ3v) is 5.94. The molecule has 2 aliphatic rings. The average molecular weight is 480 g/mol. The van der Waals surface area contributed by atoms with Crippen molar-refractivity contribution in [2.45, 2.75) is 31.8 Å². The van der Waals surface area contributed by atoms with E-state index in [1.165, 1.54) is 10.8 Å². The molecule has 3 heterocycles. The van der Waals surface area contributed by atoms with Crippen LogP contribution in [0.25, 0.3) is 0 Å². The van der Waals surface area contributed by atoms with Gasteiger partial charge < -0.3 is 14.9 Å². The molecular formula is C18H25ClN2O9P+. The Balaban J connectivity index is 0.000000807. The van der Waals surface area contributed by atoms with Gasteiger partial charge in [-0.2, -0.15) is 4.89 Å². The van der Waals surface area contributed by atoms with Crippen LogP contribution in [0, 0.1) is 0 Å². The Bertz CT molecular complexity index is 970. The van der Waals surface area contributed by atoms with Gasteiger partial charge in [0, 0.05) is 26.0 Å². The Morgan fingerprint density at radius 3 is 2.68 bits per heavy atom. The smallest absolute Gasteiger partial charge is 0.400 e. The van der Waals surface area contributed by atoms with Gasteiger partial charge in [-0.05, 0) is 18.9 Å². The molecule has 11 nitrogen and oxygen atoms in total. The van der Waals surface area contributed by atoms with Gasteiger partial charge >= 0.3 is 13.9 Å². The van der Waals surface area contributed by atoms with E-state index < -0.39 is 25.6 Å². The van der Waals surface area contributed by atoms with E-state index in [-0.39, 0.29) is 24.3 Å². The Hall–Kier alpha value is -1.82. The number of halogens is 1. The number of nitrogens with zero attached hydrogens (tertiary/aromatic N) is 1. The number of aromatic nitrogens is 2. The van der Waals surface area contributed by atoms with E-state index in [9.17, 15) is 14.5 Å². The maximum Gasteiger partial charge on any atom is 0.619 e. The van der Waals surface area contributed by atoms with Crippen molar-refractivity contribution in [3.8, 4) is 5.75 Å². The van der Waals surface area contributed by atoms with E-state index in [1.54, 1.807) is 12.1 Å². The minimum Gasteiger partial charge on any atom is -0.400 e. The fourth-order valence-electron chi connectivity index (χ4n) is 2.94. The van der Waals surface area contributed by atoms with Gasteiger partial charge in [0.15, 0.2) is 5.75 Å². The lowest BCUT2D eigenvalue weighted by atomic mass is 10.2. The Morgan fingerprint density at radius 1 is 1.23 bits per heavy atom. The first-order valence-corrected chi connectivity index (χ1v) is 11.0. The quantitative estimate of drug-likeness (QED) is 0.476. The molecule has 3 unspecified atom stereocenters. The molecule has 1 fully saturated rings. The Kier molecular flexibility index (Phi) is 9.60. The molecule has 0 radical (unpaired) electrons. The summed E-state index contributed by atoms with van der Waals surface area (Å²) < 4.78 is 23.4. The fraction of sp³-hybridized carbons (Fsp3) is 0.444. The van der Waals surface area contributed by atoms with Crippen molar-refractivity contribution in [2.75, 3.05) is 20.8 Å². The van der Waals surface area contributed by atoms with Gasteiger partial charge in [-0.15, -0.1) is 9.05 Å². The average Bonchev–Trinajstić information content (AvgIpc) is 3.26. The number of aromatic amines is 1. The van der Waals surface area contributed by atoms with Crippen LogP contribution in [0.1, 0.15) is 24.6 Å². The molecule has 13 heteroatoms. The summed E-state index contributed by atoms with van der Waals surface area (Å²) in [5.41, 5.74) is -0.412. The molecule has 1 aromatic carbocycles. The number of nitrogens with one attached hydrogen (secondary N) is 1. The highest BCUT2D eigenvalue weighted by Gasteiger charge is 2.51. The van der Waals surface area contributed by atoms with Crippen LogP contribution in [0.3, 0.4) is 0 Å². The highest BCUT2D eigenvalue weighted by molar-refractivity contribution is 7.55. The second-order valence-electron chi connectivity index (χ2n) is 6.17. The summed E-state index contributed by atoms with van der Waals surface area (Å²) >= 11 is 5.78. The maximum atomic E-state index is 11.9. The van der Waals surface area contributed by atoms with Crippen molar-refractivity contribution < 1.29 is 33.4 Å². The summed E-state index contributed by atoms with van der Waals surface area (Å²) in [6, 6.07) is 7.23. The maximum absolute atomic E-state index is 11.9. The number of benzene rings is 1. The zero-order valence-electron chi connectivity index (χ0n) is 16.9. The molecule has 31 heavy (non-hydrogen) atoms. The van der Waals surface area contributed by atoms with Crippen LogP contribution in [0.5, 0.6) is 5.75 Å². The van der Waals surface area contributed by atoms with Gasteiger partial charge in [0.2, 0.25) is 0 Å². The van der Waals surface area contributed by atoms with Crippen LogP contribution in [0.2, 0.25) is 5.02 Å². The Labute approximate surface area is 183 Å². The zero-order chi connectivity index (χ0) is 23.0. The molecule has 0 saturated carbocycles. The highest BCUT2D eigenvalue weighted by Crippen LogP contribution is 2.61. The number of ether oxygens (including phenoxy) is 1. The van der Waals surface area contributed by atoms with Crippen molar-refractivity contribution >= 4 is 19.8 Å². The van der Waals surface area contributed by atoms with Crippen LogP contribution in [-0.4, -0.2) is 51.6 Å². The molecule has 0 bridgehead atoms. The molecule has 1 saturated heterocycles. The van der Waals surface area contributed by atoms with Gasteiger partial charge in [-0.1, -0.05) is 29.8 Å². The summed E-state index contributed by atoms with van der Waals surface area (Å²) in [6.45, 7) is 0.231. The molecule has 0 amide bonds. The van der Waals surface area contributed by atoms with Crippen LogP contribution >= 0.6 is 19.8 Å². The number of fused-ring (bicyclic) bond motifs is 1. The molecular weight excluding hydrogens is 455 g/mol. The third kappa shape index (κ3) is 6.34. The second-order valence-corrected chi connectivity index (χ2v) is 8.21. The number of aliphatic hydroxyl groups excluding tert-OH is 2. The highest BCUT2D eigenvalue weighted by atomic mass is 35.5. The lowest BCUT2D eigenvalue weighted by molar-refractivity contribution is -0.0301. The molecule has 0 spiro atoms. The predicted molar refractivity (Wildman–Crippen MR) is 113 cm³/mol.